The summed E-state index contributed by atoms with van der Waals surface area (Å²) in [5.74, 6) is -1.49. The molecule has 0 saturated heterocycles. The van der Waals surface area contributed by atoms with Gasteiger partial charge in [-0.1, -0.05) is 0 Å². The molecule has 0 bridgehead atoms. The Morgan fingerprint density at radius 2 is 1.64 bits per heavy atom. The van der Waals surface area contributed by atoms with Gasteiger partial charge in [0.15, 0.2) is 9.84 Å². The smallest absolute Gasteiger partial charge is 0.397 e. The van der Waals surface area contributed by atoms with Crippen LogP contribution >= 0.6 is 0 Å². The number of aromatic hydroxyl groups is 1. The van der Waals surface area contributed by atoms with Crippen molar-refractivity contribution in [3.05, 3.63) is 18.2 Å². The van der Waals surface area contributed by atoms with E-state index in [0.29, 0.717) is 6.07 Å². The van der Waals surface area contributed by atoms with Crippen molar-refractivity contribution >= 4 is 36.2 Å². The summed E-state index contributed by atoms with van der Waals surface area (Å²) in [5, 5.41) is 9.38. The first-order valence-corrected chi connectivity index (χ1v) is 9.69. The zero-order valence-electron chi connectivity index (χ0n) is 10.6. The maximum Gasteiger partial charge on any atom is 0.397 e. The van der Waals surface area contributed by atoms with Crippen LogP contribution < -0.4 is 4.72 Å². The normalized spacial score (nSPS) is 13.0. The van der Waals surface area contributed by atoms with Crippen molar-refractivity contribution in [2.45, 2.75) is 4.90 Å². The quantitative estimate of drug-likeness (QED) is 0.346. The van der Waals surface area contributed by atoms with Gasteiger partial charge in [-0.15, -0.1) is 0 Å². The maximum atomic E-state index is 11.9. The van der Waals surface area contributed by atoms with Crippen molar-refractivity contribution < 1.29 is 43.6 Å². The minimum Gasteiger partial charge on any atom is -0.506 e. The summed E-state index contributed by atoms with van der Waals surface area (Å²) in [6.07, 6.45) is 0. The van der Waals surface area contributed by atoms with E-state index in [1.54, 1.807) is 0 Å². The van der Waals surface area contributed by atoms with Gasteiger partial charge in [0.2, 0.25) is 0 Å². The number of nitrogens with one attached hydrogen (secondary N) is 1. The van der Waals surface area contributed by atoms with Crippen LogP contribution in [0.2, 0.25) is 0 Å². The predicted molar refractivity (Wildman–Crippen MR) is 72.8 cm³/mol. The van der Waals surface area contributed by atoms with Crippen LogP contribution in [0.3, 0.4) is 0 Å². The van der Waals surface area contributed by atoms with Crippen molar-refractivity contribution in [3.8, 4) is 5.75 Å². The molecule has 1 aromatic carbocycles. The lowest BCUT2D eigenvalue weighted by Gasteiger charge is -2.09. The molecule has 0 aliphatic rings. The Hall–Kier alpha value is -1.45. The predicted octanol–water partition coefficient (Wildman–Crippen LogP) is -0.800. The van der Waals surface area contributed by atoms with Crippen molar-refractivity contribution in [2.75, 3.05) is 17.1 Å². The lowest BCUT2D eigenvalue weighted by molar-refractivity contribution is 0.284. The van der Waals surface area contributed by atoms with E-state index >= 15 is 0 Å². The van der Waals surface area contributed by atoms with Crippen LogP contribution in [0.15, 0.2) is 23.1 Å². The van der Waals surface area contributed by atoms with Crippen LogP contribution in [-0.4, -0.2) is 51.8 Å². The lowest BCUT2D eigenvalue weighted by Crippen LogP contribution is -2.16. The number of phenols is 1. The molecule has 126 valence electrons. The second-order valence-corrected chi connectivity index (χ2v) is 8.18. The van der Waals surface area contributed by atoms with Gasteiger partial charge in [0.25, 0.3) is 0 Å². The topological polar surface area (TPSA) is 184 Å². The summed E-state index contributed by atoms with van der Waals surface area (Å²) in [6.45, 7) is -0.872. The SMILES string of the molecule is O=S(=O)(O)Nc1cc(S(=O)(=O)CCOS(=O)(=O)O)ccc1O. The van der Waals surface area contributed by atoms with Crippen molar-refractivity contribution in [1.82, 2.24) is 0 Å². The van der Waals surface area contributed by atoms with Crippen LogP contribution in [0.25, 0.3) is 0 Å². The Balaban J connectivity index is 3.03. The van der Waals surface area contributed by atoms with Crippen LogP contribution in [0.5, 0.6) is 5.75 Å². The number of benzene rings is 1. The van der Waals surface area contributed by atoms with E-state index in [9.17, 15) is 30.4 Å². The highest BCUT2D eigenvalue weighted by atomic mass is 32.3. The Kier molecular flexibility index (Phi) is 5.37. The van der Waals surface area contributed by atoms with Gasteiger partial charge in [0.1, 0.15) is 5.75 Å². The lowest BCUT2D eigenvalue weighted by atomic mass is 10.3. The van der Waals surface area contributed by atoms with Gasteiger partial charge in [-0.2, -0.15) is 16.8 Å². The molecule has 0 fully saturated rings. The highest BCUT2D eigenvalue weighted by Gasteiger charge is 2.19. The van der Waals surface area contributed by atoms with E-state index in [2.05, 4.69) is 4.18 Å². The van der Waals surface area contributed by atoms with E-state index in [4.69, 9.17) is 9.11 Å². The monoisotopic (exact) mass is 377 g/mol. The molecule has 4 N–H and O–H groups in total. The van der Waals surface area contributed by atoms with Crippen LogP contribution in [0, 0.1) is 0 Å². The molecule has 0 saturated carbocycles. The summed E-state index contributed by atoms with van der Waals surface area (Å²) < 4.78 is 88.0. The minimum absolute atomic E-state index is 0.476. The highest BCUT2D eigenvalue weighted by Crippen LogP contribution is 2.27. The Morgan fingerprint density at radius 3 is 2.14 bits per heavy atom. The van der Waals surface area contributed by atoms with E-state index < -0.39 is 59.2 Å². The van der Waals surface area contributed by atoms with E-state index in [1.807, 2.05) is 0 Å². The van der Waals surface area contributed by atoms with Gasteiger partial charge in [0, 0.05) is 0 Å². The van der Waals surface area contributed by atoms with E-state index in [1.165, 1.54) is 4.72 Å². The third-order valence-corrected chi connectivity index (χ3v) is 4.77. The fourth-order valence-corrected chi connectivity index (χ4v) is 3.25. The largest absolute Gasteiger partial charge is 0.506 e. The molecule has 0 spiro atoms. The van der Waals surface area contributed by atoms with E-state index in [0.717, 1.165) is 12.1 Å². The maximum absolute atomic E-state index is 11.9. The van der Waals surface area contributed by atoms with Crippen molar-refractivity contribution in [1.29, 1.82) is 0 Å². The second-order valence-electron chi connectivity index (χ2n) is 3.82. The van der Waals surface area contributed by atoms with Crippen LogP contribution in [0.4, 0.5) is 5.69 Å². The number of anilines is 1. The summed E-state index contributed by atoms with van der Waals surface area (Å²) in [6, 6.07) is 2.49. The van der Waals surface area contributed by atoms with Crippen LogP contribution in [0.1, 0.15) is 0 Å². The molecule has 11 nitrogen and oxygen atoms in total. The first kappa shape index (κ1) is 18.6. The molecule has 1 aromatic rings. The zero-order valence-corrected chi connectivity index (χ0v) is 13.0. The molecule has 0 unspecified atom stereocenters. The Morgan fingerprint density at radius 1 is 1.05 bits per heavy atom. The number of rotatable bonds is 7. The molecule has 22 heavy (non-hydrogen) atoms. The molecular formula is C8H11NO10S3. The van der Waals surface area contributed by atoms with Gasteiger partial charge in [-0.3, -0.25) is 13.8 Å². The molecule has 0 amide bonds. The standard InChI is InChI=1S/C8H11NO10S3/c10-8-2-1-6(5-7(8)9-21(13,14)15)20(11,12)4-3-19-22(16,17)18/h1-2,5,9-10H,3-4H2,(H,13,14,15)(H,16,17,18). The number of sulfone groups is 1. The summed E-state index contributed by atoms with van der Waals surface area (Å²) in [7, 11) is -13.6. The average Bonchev–Trinajstić information content (AvgIpc) is 2.28. The average molecular weight is 377 g/mol. The molecule has 0 aliphatic heterocycles. The van der Waals surface area contributed by atoms with Gasteiger partial charge in [0.05, 0.1) is 22.9 Å². The van der Waals surface area contributed by atoms with Gasteiger partial charge in [-0.05, 0) is 18.2 Å². The molecule has 0 atom stereocenters. The van der Waals surface area contributed by atoms with E-state index in [-0.39, 0.29) is 0 Å². The molecular weight excluding hydrogens is 366 g/mol. The summed E-state index contributed by atoms with van der Waals surface area (Å²) >= 11 is 0. The number of phenolic OH excluding ortho intramolecular Hbond substituents is 1. The fraction of sp³-hybridized carbons (Fsp3) is 0.250. The minimum atomic E-state index is -4.80. The second kappa shape index (κ2) is 6.35. The third kappa shape index (κ3) is 6.12. The number of hydrogen-bond donors (Lipinski definition) is 4. The molecule has 1 rings (SSSR count). The summed E-state index contributed by atoms with van der Waals surface area (Å²) in [5.41, 5.74) is -0.598. The summed E-state index contributed by atoms with van der Waals surface area (Å²) in [4.78, 5) is -0.476. The highest BCUT2D eigenvalue weighted by molar-refractivity contribution is 7.91. The van der Waals surface area contributed by atoms with Gasteiger partial charge < -0.3 is 5.11 Å². The fourth-order valence-electron chi connectivity index (χ4n) is 1.30. The molecule has 0 aliphatic carbocycles. The zero-order chi connectivity index (χ0) is 17.2. The van der Waals surface area contributed by atoms with Gasteiger partial charge in [-0.25, -0.2) is 12.6 Å². The van der Waals surface area contributed by atoms with Gasteiger partial charge >= 0.3 is 20.7 Å². The van der Waals surface area contributed by atoms with Crippen molar-refractivity contribution in [2.24, 2.45) is 0 Å². The molecule has 0 heterocycles. The molecule has 0 radical (unpaired) electrons. The first-order valence-electron chi connectivity index (χ1n) is 5.23. The molecule has 14 heteroatoms. The third-order valence-electron chi connectivity index (χ3n) is 2.15. The first-order chi connectivity index (χ1) is 9.80. The van der Waals surface area contributed by atoms with Crippen LogP contribution in [-0.2, 0) is 34.7 Å². The Bertz CT molecular complexity index is 855. The van der Waals surface area contributed by atoms with Crippen molar-refractivity contribution in [3.63, 3.8) is 0 Å². The molecule has 0 aromatic heterocycles. The number of hydrogen-bond acceptors (Lipinski definition) is 8. The Labute approximate surface area is 126 Å².